The van der Waals surface area contributed by atoms with Crippen molar-refractivity contribution in [2.75, 3.05) is 19.0 Å². The molecule has 2 heterocycles. The van der Waals surface area contributed by atoms with E-state index in [4.69, 9.17) is 9.47 Å². The van der Waals surface area contributed by atoms with Crippen LogP contribution < -0.4 is 14.8 Å². The molecule has 0 unspecified atom stereocenters. The highest BCUT2D eigenvalue weighted by molar-refractivity contribution is 9.10. The topological polar surface area (TPSA) is 56.3 Å². The van der Waals surface area contributed by atoms with Gasteiger partial charge in [0, 0.05) is 23.0 Å². The van der Waals surface area contributed by atoms with E-state index in [1.165, 1.54) is 5.56 Å². The van der Waals surface area contributed by atoms with E-state index in [9.17, 15) is 0 Å². The smallest absolute Gasteiger partial charge is 0.232 e. The first-order valence-electron chi connectivity index (χ1n) is 6.42. The minimum absolute atomic E-state index is 0.503. The van der Waals surface area contributed by atoms with Gasteiger partial charge in [-0.1, -0.05) is 15.9 Å². The van der Waals surface area contributed by atoms with E-state index in [2.05, 4.69) is 53.2 Å². The Morgan fingerprint density at radius 2 is 2.24 bits per heavy atom. The van der Waals surface area contributed by atoms with Crippen LogP contribution >= 0.6 is 31.9 Å². The summed E-state index contributed by atoms with van der Waals surface area (Å²) < 4.78 is 12.6. The van der Waals surface area contributed by atoms with Crippen LogP contribution in [0.2, 0.25) is 0 Å². The molecular formula is C14H13Br2N3O2. The normalized spacial score (nSPS) is 12.7. The van der Waals surface area contributed by atoms with Crippen molar-refractivity contribution in [2.24, 2.45) is 0 Å². The van der Waals surface area contributed by atoms with Gasteiger partial charge in [0.25, 0.3) is 0 Å². The third-order valence-corrected chi connectivity index (χ3v) is 4.17. The zero-order valence-corrected chi connectivity index (χ0v) is 14.5. The number of halogens is 2. The highest BCUT2D eigenvalue weighted by atomic mass is 79.9. The lowest BCUT2D eigenvalue weighted by Gasteiger charge is -2.11. The van der Waals surface area contributed by atoms with Crippen molar-refractivity contribution in [2.45, 2.75) is 13.0 Å². The van der Waals surface area contributed by atoms with Crippen LogP contribution in [0.4, 0.5) is 5.95 Å². The number of ether oxygens (including phenoxy) is 2. The zero-order valence-electron chi connectivity index (χ0n) is 11.3. The summed E-state index contributed by atoms with van der Waals surface area (Å²) in [5.74, 6) is 1.99. The highest BCUT2D eigenvalue weighted by Crippen LogP contribution is 2.33. The Labute approximate surface area is 139 Å². The molecule has 1 aliphatic heterocycles. The quantitative estimate of drug-likeness (QED) is 0.828. The second-order valence-corrected chi connectivity index (χ2v) is 6.33. The molecule has 0 amide bonds. The molecule has 1 N–H and O–H groups in total. The van der Waals surface area contributed by atoms with E-state index < -0.39 is 0 Å². The van der Waals surface area contributed by atoms with Gasteiger partial charge in [-0.3, -0.25) is 0 Å². The summed E-state index contributed by atoms with van der Waals surface area (Å²) in [6.07, 6.45) is 2.61. The van der Waals surface area contributed by atoms with Gasteiger partial charge >= 0.3 is 0 Å². The summed E-state index contributed by atoms with van der Waals surface area (Å²) in [7, 11) is 1.58. The fourth-order valence-corrected chi connectivity index (χ4v) is 3.14. The van der Waals surface area contributed by atoms with Gasteiger partial charge in [0.05, 0.1) is 24.4 Å². The SMILES string of the molecule is COc1nc(NCc2cc(Br)cc3c2OCC3)ncc1Br. The van der Waals surface area contributed by atoms with E-state index in [0.29, 0.717) is 18.4 Å². The number of fused-ring (bicyclic) bond motifs is 1. The fraction of sp³-hybridized carbons (Fsp3) is 0.286. The summed E-state index contributed by atoms with van der Waals surface area (Å²) in [6.45, 7) is 1.33. The summed E-state index contributed by atoms with van der Waals surface area (Å²) in [4.78, 5) is 8.49. The van der Waals surface area contributed by atoms with E-state index in [-0.39, 0.29) is 0 Å². The molecule has 1 aromatic heterocycles. The van der Waals surface area contributed by atoms with Crippen molar-refractivity contribution in [3.63, 3.8) is 0 Å². The molecule has 2 aromatic rings. The molecule has 7 heteroatoms. The second kappa shape index (κ2) is 6.19. The van der Waals surface area contributed by atoms with Gasteiger partial charge < -0.3 is 14.8 Å². The van der Waals surface area contributed by atoms with Crippen LogP contribution in [0.3, 0.4) is 0 Å². The molecule has 0 atom stereocenters. The van der Waals surface area contributed by atoms with E-state index in [1.807, 2.05) is 6.07 Å². The average molecular weight is 415 g/mol. The van der Waals surface area contributed by atoms with Crippen molar-refractivity contribution in [1.29, 1.82) is 0 Å². The lowest BCUT2D eigenvalue weighted by Crippen LogP contribution is -2.06. The molecule has 1 aromatic carbocycles. The molecule has 0 fully saturated rings. The van der Waals surface area contributed by atoms with Crippen LogP contribution in [0.5, 0.6) is 11.6 Å². The number of hydrogen-bond donors (Lipinski definition) is 1. The zero-order chi connectivity index (χ0) is 14.8. The van der Waals surface area contributed by atoms with Gasteiger partial charge in [0.15, 0.2) is 0 Å². The third kappa shape index (κ3) is 3.13. The summed E-state index contributed by atoms with van der Waals surface area (Å²) in [6, 6.07) is 4.15. The fourth-order valence-electron chi connectivity index (χ4n) is 2.23. The van der Waals surface area contributed by atoms with Crippen LogP contribution in [-0.4, -0.2) is 23.7 Å². The highest BCUT2D eigenvalue weighted by Gasteiger charge is 2.17. The Balaban J connectivity index is 1.79. The molecule has 1 aliphatic rings. The minimum Gasteiger partial charge on any atom is -0.493 e. The molecular weight excluding hydrogens is 402 g/mol. The Hall–Kier alpha value is -1.34. The van der Waals surface area contributed by atoms with Crippen molar-refractivity contribution >= 4 is 37.8 Å². The predicted molar refractivity (Wildman–Crippen MR) is 87.0 cm³/mol. The van der Waals surface area contributed by atoms with Crippen LogP contribution in [0.1, 0.15) is 11.1 Å². The standard InChI is InChI=1S/C14H13Br2N3O2/c1-20-13-11(16)7-18-14(19-13)17-6-9-5-10(15)4-8-2-3-21-12(8)9/h4-5,7H,2-3,6H2,1H3,(H,17,18,19). The van der Waals surface area contributed by atoms with Gasteiger partial charge in [0.1, 0.15) is 5.75 Å². The second-order valence-electron chi connectivity index (χ2n) is 4.56. The maximum Gasteiger partial charge on any atom is 0.232 e. The lowest BCUT2D eigenvalue weighted by atomic mass is 10.1. The summed E-state index contributed by atoms with van der Waals surface area (Å²) in [5, 5.41) is 3.20. The number of anilines is 1. The molecule has 0 radical (unpaired) electrons. The van der Waals surface area contributed by atoms with Gasteiger partial charge in [-0.25, -0.2) is 4.98 Å². The predicted octanol–water partition coefficient (Wildman–Crippen LogP) is 3.56. The molecule has 110 valence electrons. The number of nitrogens with one attached hydrogen (secondary N) is 1. The molecule has 0 saturated carbocycles. The molecule has 5 nitrogen and oxygen atoms in total. The van der Waals surface area contributed by atoms with Crippen molar-refractivity contribution in [1.82, 2.24) is 9.97 Å². The maximum absolute atomic E-state index is 5.70. The van der Waals surface area contributed by atoms with Crippen LogP contribution in [-0.2, 0) is 13.0 Å². The van der Waals surface area contributed by atoms with E-state index in [0.717, 1.165) is 33.3 Å². The molecule has 0 saturated heterocycles. The molecule has 3 rings (SSSR count). The van der Waals surface area contributed by atoms with Gasteiger partial charge in [-0.15, -0.1) is 0 Å². The van der Waals surface area contributed by atoms with Gasteiger partial charge in [-0.2, -0.15) is 4.98 Å². The molecule has 0 aliphatic carbocycles. The number of aromatic nitrogens is 2. The molecule has 21 heavy (non-hydrogen) atoms. The van der Waals surface area contributed by atoms with E-state index in [1.54, 1.807) is 13.3 Å². The Morgan fingerprint density at radius 1 is 1.38 bits per heavy atom. The monoisotopic (exact) mass is 413 g/mol. The third-order valence-electron chi connectivity index (χ3n) is 3.17. The Morgan fingerprint density at radius 3 is 3.05 bits per heavy atom. The maximum atomic E-state index is 5.70. The first kappa shape index (κ1) is 14.6. The Bertz CT molecular complexity index is 680. The van der Waals surface area contributed by atoms with Crippen molar-refractivity contribution in [3.8, 4) is 11.6 Å². The van der Waals surface area contributed by atoms with Crippen molar-refractivity contribution < 1.29 is 9.47 Å². The van der Waals surface area contributed by atoms with Crippen molar-refractivity contribution in [3.05, 3.63) is 38.4 Å². The summed E-state index contributed by atoms with van der Waals surface area (Å²) >= 11 is 6.87. The molecule has 0 bridgehead atoms. The van der Waals surface area contributed by atoms with Gasteiger partial charge in [0.2, 0.25) is 11.8 Å². The Kier molecular flexibility index (Phi) is 4.30. The minimum atomic E-state index is 0.503. The number of benzene rings is 1. The number of hydrogen-bond acceptors (Lipinski definition) is 5. The number of nitrogens with zero attached hydrogens (tertiary/aromatic N) is 2. The largest absolute Gasteiger partial charge is 0.493 e. The van der Waals surface area contributed by atoms with Crippen LogP contribution in [0.15, 0.2) is 27.3 Å². The first-order valence-corrected chi connectivity index (χ1v) is 8.00. The van der Waals surface area contributed by atoms with Crippen LogP contribution in [0, 0.1) is 0 Å². The lowest BCUT2D eigenvalue weighted by molar-refractivity contribution is 0.354. The number of methoxy groups -OCH3 is 1. The first-order chi connectivity index (χ1) is 10.2. The summed E-state index contributed by atoms with van der Waals surface area (Å²) in [5.41, 5.74) is 2.32. The van der Waals surface area contributed by atoms with E-state index >= 15 is 0 Å². The van der Waals surface area contributed by atoms with Gasteiger partial charge in [-0.05, 0) is 33.6 Å². The number of rotatable bonds is 4. The van der Waals surface area contributed by atoms with Crippen LogP contribution in [0.25, 0.3) is 0 Å². The average Bonchev–Trinajstić information content (AvgIpc) is 2.94. The molecule has 0 spiro atoms.